The minimum Gasteiger partial charge on any atom is -0.406 e. The molecule has 78 valence electrons. The lowest BCUT2D eigenvalue weighted by Crippen LogP contribution is -2.17. The van der Waals surface area contributed by atoms with Gasteiger partial charge in [-0.05, 0) is 12.1 Å². The van der Waals surface area contributed by atoms with Crippen LogP contribution in [-0.4, -0.2) is 13.4 Å². The van der Waals surface area contributed by atoms with E-state index in [4.69, 9.17) is 0 Å². The normalized spacial score (nSPS) is 11.2. The molecule has 2 nitrogen and oxygen atoms in total. The van der Waals surface area contributed by atoms with E-state index < -0.39 is 17.9 Å². The zero-order chi connectivity index (χ0) is 10.8. The number of hydrogen-bond acceptors (Lipinski definition) is 2. The van der Waals surface area contributed by atoms with E-state index in [-0.39, 0.29) is 5.69 Å². The van der Waals surface area contributed by atoms with Crippen LogP contribution < -0.4 is 10.1 Å². The molecule has 0 amide bonds. The van der Waals surface area contributed by atoms with Crippen molar-refractivity contribution >= 4 is 5.69 Å². The lowest BCUT2D eigenvalue weighted by Gasteiger charge is -2.09. The molecule has 0 aliphatic carbocycles. The van der Waals surface area contributed by atoms with Crippen LogP contribution in [0.5, 0.6) is 5.75 Å². The van der Waals surface area contributed by atoms with E-state index in [0.29, 0.717) is 6.07 Å². The molecular weight excluding hydrogens is 202 g/mol. The first-order valence-corrected chi connectivity index (χ1v) is 3.65. The molecule has 1 rings (SSSR count). The Bertz CT molecular complexity index is 324. The molecule has 0 aliphatic rings. The molecule has 0 spiro atoms. The van der Waals surface area contributed by atoms with Crippen LogP contribution in [0.15, 0.2) is 18.2 Å². The summed E-state index contributed by atoms with van der Waals surface area (Å²) >= 11 is 0. The minimum absolute atomic E-state index is 0.111. The van der Waals surface area contributed by atoms with Gasteiger partial charge in [-0.1, -0.05) is 0 Å². The number of rotatable bonds is 2. The fourth-order valence-corrected chi connectivity index (χ4v) is 0.896. The first kappa shape index (κ1) is 10.6. The average Bonchev–Trinajstić information content (AvgIpc) is 2.01. The van der Waals surface area contributed by atoms with Gasteiger partial charge in [0, 0.05) is 13.1 Å². The second kappa shape index (κ2) is 3.73. The van der Waals surface area contributed by atoms with Gasteiger partial charge in [-0.15, -0.1) is 13.2 Å². The molecule has 1 aromatic carbocycles. The highest BCUT2D eigenvalue weighted by Crippen LogP contribution is 2.25. The number of nitrogens with one attached hydrogen (secondary N) is 1. The van der Waals surface area contributed by atoms with Crippen molar-refractivity contribution in [3.63, 3.8) is 0 Å². The number of hydrogen-bond donors (Lipinski definition) is 1. The summed E-state index contributed by atoms with van der Waals surface area (Å²) in [7, 11) is 1.46. The number of anilines is 1. The quantitative estimate of drug-likeness (QED) is 0.756. The number of alkyl halides is 3. The molecule has 0 bridgehead atoms. The molecule has 0 heterocycles. The third kappa shape index (κ3) is 2.79. The minimum atomic E-state index is -4.80. The van der Waals surface area contributed by atoms with Crippen LogP contribution in [0, 0.1) is 5.82 Å². The third-order valence-corrected chi connectivity index (χ3v) is 1.44. The van der Waals surface area contributed by atoms with Crippen molar-refractivity contribution in [2.45, 2.75) is 6.36 Å². The van der Waals surface area contributed by atoms with E-state index in [1.54, 1.807) is 0 Å². The lowest BCUT2D eigenvalue weighted by molar-refractivity contribution is -0.274. The van der Waals surface area contributed by atoms with Crippen molar-refractivity contribution in [1.82, 2.24) is 0 Å². The molecule has 0 unspecified atom stereocenters. The van der Waals surface area contributed by atoms with Gasteiger partial charge in [0.05, 0.1) is 5.69 Å². The highest BCUT2D eigenvalue weighted by Gasteiger charge is 2.31. The maximum Gasteiger partial charge on any atom is 0.573 e. The Kier molecular flexibility index (Phi) is 2.83. The van der Waals surface area contributed by atoms with Gasteiger partial charge in [-0.25, -0.2) is 4.39 Å². The van der Waals surface area contributed by atoms with Crippen LogP contribution in [0.2, 0.25) is 0 Å². The molecule has 0 radical (unpaired) electrons. The van der Waals surface area contributed by atoms with Gasteiger partial charge in [0.25, 0.3) is 0 Å². The topological polar surface area (TPSA) is 21.3 Å². The standard InChI is InChI=1S/C8H7F4NO/c1-13-7-3-2-5(4-6(7)9)14-8(10,11)12/h2-4,13H,1H3. The van der Waals surface area contributed by atoms with Gasteiger partial charge in [0.15, 0.2) is 0 Å². The summed E-state index contributed by atoms with van der Waals surface area (Å²) in [6.45, 7) is 0. The van der Waals surface area contributed by atoms with Crippen molar-refractivity contribution in [3.05, 3.63) is 24.0 Å². The first-order chi connectivity index (χ1) is 6.42. The summed E-state index contributed by atoms with van der Waals surface area (Å²) in [5.74, 6) is -1.37. The third-order valence-electron chi connectivity index (χ3n) is 1.44. The monoisotopic (exact) mass is 209 g/mol. The highest BCUT2D eigenvalue weighted by atomic mass is 19.4. The number of halogens is 4. The molecule has 0 aliphatic heterocycles. The van der Waals surface area contributed by atoms with Crippen LogP contribution in [0.25, 0.3) is 0 Å². The summed E-state index contributed by atoms with van der Waals surface area (Å²) in [4.78, 5) is 0. The second-order valence-corrected chi connectivity index (χ2v) is 2.44. The Morgan fingerprint density at radius 1 is 1.29 bits per heavy atom. The summed E-state index contributed by atoms with van der Waals surface area (Å²) < 4.78 is 51.5. The van der Waals surface area contributed by atoms with Crippen LogP contribution in [-0.2, 0) is 0 Å². The fraction of sp³-hybridized carbons (Fsp3) is 0.250. The van der Waals surface area contributed by atoms with Crippen molar-refractivity contribution in [2.24, 2.45) is 0 Å². The van der Waals surface area contributed by atoms with E-state index in [1.807, 2.05) is 0 Å². The van der Waals surface area contributed by atoms with Gasteiger partial charge < -0.3 is 10.1 Å². The van der Waals surface area contributed by atoms with Gasteiger partial charge in [0.1, 0.15) is 11.6 Å². The van der Waals surface area contributed by atoms with Crippen LogP contribution in [0.3, 0.4) is 0 Å². The Morgan fingerprint density at radius 2 is 1.93 bits per heavy atom. The van der Waals surface area contributed by atoms with Crippen molar-refractivity contribution in [1.29, 1.82) is 0 Å². The fourth-order valence-electron chi connectivity index (χ4n) is 0.896. The van der Waals surface area contributed by atoms with Gasteiger partial charge in [-0.3, -0.25) is 0 Å². The Morgan fingerprint density at radius 3 is 2.36 bits per heavy atom. The summed E-state index contributed by atoms with van der Waals surface area (Å²) in [5.41, 5.74) is 0.111. The van der Waals surface area contributed by atoms with E-state index in [9.17, 15) is 17.6 Å². The molecule has 1 N–H and O–H groups in total. The predicted molar refractivity (Wildman–Crippen MR) is 42.6 cm³/mol. The number of ether oxygens (including phenoxy) is 1. The first-order valence-electron chi connectivity index (χ1n) is 3.65. The van der Waals surface area contributed by atoms with Crippen LogP contribution in [0.4, 0.5) is 23.2 Å². The van der Waals surface area contributed by atoms with Crippen molar-refractivity contribution in [3.8, 4) is 5.75 Å². The average molecular weight is 209 g/mol. The van der Waals surface area contributed by atoms with E-state index in [1.165, 1.54) is 7.05 Å². The highest BCUT2D eigenvalue weighted by molar-refractivity contribution is 5.47. The molecule has 0 fully saturated rings. The van der Waals surface area contributed by atoms with Crippen molar-refractivity contribution < 1.29 is 22.3 Å². The predicted octanol–water partition coefficient (Wildman–Crippen LogP) is 2.77. The molecule has 0 saturated heterocycles. The molecule has 14 heavy (non-hydrogen) atoms. The van der Waals surface area contributed by atoms with Crippen LogP contribution >= 0.6 is 0 Å². The molecule has 0 aromatic heterocycles. The Labute approximate surface area is 77.5 Å². The summed E-state index contributed by atoms with van der Waals surface area (Å²) in [5, 5.41) is 2.47. The van der Waals surface area contributed by atoms with Gasteiger partial charge >= 0.3 is 6.36 Å². The van der Waals surface area contributed by atoms with E-state index in [2.05, 4.69) is 10.1 Å². The molecule has 6 heteroatoms. The van der Waals surface area contributed by atoms with E-state index in [0.717, 1.165) is 12.1 Å². The molecular formula is C8H7F4NO. The molecule has 1 aromatic rings. The van der Waals surface area contributed by atoms with Gasteiger partial charge in [0.2, 0.25) is 0 Å². The summed E-state index contributed by atoms with van der Waals surface area (Å²) in [6.07, 6.45) is -4.80. The van der Waals surface area contributed by atoms with Crippen LogP contribution in [0.1, 0.15) is 0 Å². The zero-order valence-corrected chi connectivity index (χ0v) is 7.15. The Hall–Kier alpha value is -1.46. The molecule has 0 saturated carbocycles. The number of benzene rings is 1. The Balaban J connectivity index is 2.87. The smallest absolute Gasteiger partial charge is 0.406 e. The maximum absolute atomic E-state index is 12.9. The largest absolute Gasteiger partial charge is 0.573 e. The SMILES string of the molecule is CNc1ccc(OC(F)(F)F)cc1F. The van der Waals surface area contributed by atoms with Gasteiger partial charge in [-0.2, -0.15) is 0 Å². The maximum atomic E-state index is 12.9. The van der Waals surface area contributed by atoms with Crippen molar-refractivity contribution in [2.75, 3.05) is 12.4 Å². The molecule has 0 atom stereocenters. The second-order valence-electron chi connectivity index (χ2n) is 2.44. The zero-order valence-electron chi connectivity index (χ0n) is 7.15. The van der Waals surface area contributed by atoms with E-state index >= 15 is 0 Å². The lowest BCUT2D eigenvalue weighted by atomic mass is 10.3. The summed E-state index contributed by atoms with van der Waals surface area (Å²) in [6, 6.07) is 2.86.